The largest absolute Gasteiger partial charge is 0.297 e. The quantitative estimate of drug-likeness (QED) is 0.792. The van der Waals surface area contributed by atoms with Crippen molar-refractivity contribution in [3.05, 3.63) is 16.9 Å². The van der Waals surface area contributed by atoms with E-state index in [-0.39, 0.29) is 0 Å². The van der Waals surface area contributed by atoms with Crippen LogP contribution in [0.1, 0.15) is 19.9 Å². The molecule has 0 spiro atoms. The van der Waals surface area contributed by atoms with Crippen molar-refractivity contribution >= 4 is 15.9 Å². The summed E-state index contributed by atoms with van der Waals surface area (Å²) in [4.78, 5) is 2.44. The molecule has 1 aliphatic heterocycles. The van der Waals surface area contributed by atoms with Gasteiger partial charge in [0.1, 0.15) is 4.60 Å². The average Bonchev–Trinajstić information content (AvgIpc) is 2.32. The first-order valence-electron chi connectivity index (χ1n) is 4.61. The second-order valence-electron chi connectivity index (χ2n) is 3.80. The molecule has 4 heteroatoms. The summed E-state index contributed by atoms with van der Waals surface area (Å²) < 4.78 is 3.14. The third kappa shape index (κ3) is 1.65. The molecule has 1 saturated heterocycles. The molecule has 1 aromatic rings. The van der Waals surface area contributed by atoms with Crippen LogP contribution in [0.5, 0.6) is 0 Å². The maximum Gasteiger partial charge on any atom is 0.104 e. The maximum atomic E-state index is 4.27. The molecule has 2 heterocycles. The SMILES string of the molecule is CC(C)N1CC(n2nccc2Br)C1. The molecule has 72 valence electrons. The zero-order valence-corrected chi connectivity index (χ0v) is 9.53. The molecule has 1 aliphatic rings. The van der Waals surface area contributed by atoms with E-state index in [1.54, 1.807) is 0 Å². The van der Waals surface area contributed by atoms with Crippen molar-refractivity contribution in [1.82, 2.24) is 14.7 Å². The van der Waals surface area contributed by atoms with Gasteiger partial charge in [-0.3, -0.25) is 9.58 Å². The fraction of sp³-hybridized carbons (Fsp3) is 0.667. The van der Waals surface area contributed by atoms with Crippen molar-refractivity contribution in [3.8, 4) is 0 Å². The Kier molecular flexibility index (Phi) is 2.43. The number of rotatable bonds is 2. The Morgan fingerprint density at radius 2 is 2.23 bits per heavy atom. The second-order valence-corrected chi connectivity index (χ2v) is 4.61. The van der Waals surface area contributed by atoms with Crippen molar-refractivity contribution in [1.29, 1.82) is 0 Å². The molecule has 0 aliphatic carbocycles. The predicted molar refractivity (Wildman–Crippen MR) is 55.7 cm³/mol. The standard InChI is InChI=1S/C9H14BrN3/c1-7(2)12-5-8(6-12)13-9(10)3-4-11-13/h3-4,7-8H,5-6H2,1-2H3. The van der Waals surface area contributed by atoms with Gasteiger partial charge in [-0.1, -0.05) is 0 Å². The summed E-state index contributed by atoms with van der Waals surface area (Å²) in [5.74, 6) is 0. The molecule has 3 nitrogen and oxygen atoms in total. The van der Waals surface area contributed by atoms with E-state index in [0.717, 1.165) is 17.7 Å². The maximum absolute atomic E-state index is 4.27. The van der Waals surface area contributed by atoms with Crippen LogP contribution in [0, 0.1) is 0 Å². The Morgan fingerprint density at radius 1 is 1.54 bits per heavy atom. The molecule has 0 aromatic carbocycles. The molecule has 0 radical (unpaired) electrons. The van der Waals surface area contributed by atoms with Gasteiger partial charge in [-0.15, -0.1) is 0 Å². The molecule has 13 heavy (non-hydrogen) atoms. The third-order valence-electron chi connectivity index (χ3n) is 2.59. The van der Waals surface area contributed by atoms with Crippen LogP contribution < -0.4 is 0 Å². The van der Waals surface area contributed by atoms with Crippen LogP contribution in [0.2, 0.25) is 0 Å². The number of hydrogen-bond donors (Lipinski definition) is 0. The van der Waals surface area contributed by atoms with Gasteiger partial charge in [-0.05, 0) is 35.8 Å². The number of halogens is 1. The average molecular weight is 244 g/mol. The first-order chi connectivity index (χ1) is 6.18. The fourth-order valence-electron chi connectivity index (χ4n) is 1.63. The number of hydrogen-bond acceptors (Lipinski definition) is 2. The first kappa shape index (κ1) is 9.21. The van der Waals surface area contributed by atoms with Gasteiger partial charge in [-0.2, -0.15) is 5.10 Å². The predicted octanol–water partition coefficient (Wildman–Crippen LogP) is 1.91. The van der Waals surface area contributed by atoms with Gasteiger partial charge in [0.25, 0.3) is 0 Å². The monoisotopic (exact) mass is 243 g/mol. The molecule has 0 amide bonds. The first-order valence-corrected chi connectivity index (χ1v) is 5.41. The van der Waals surface area contributed by atoms with Crippen LogP contribution >= 0.6 is 15.9 Å². The van der Waals surface area contributed by atoms with Crippen LogP contribution in [-0.4, -0.2) is 33.8 Å². The van der Waals surface area contributed by atoms with Crippen molar-refractivity contribution in [2.75, 3.05) is 13.1 Å². The normalized spacial score (nSPS) is 19.4. The highest BCUT2D eigenvalue weighted by molar-refractivity contribution is 9.10. The highest BCUT2D eigenvalue weighted by Gasteiger charge is 2.30. The van der Waals surface area contributed by atoms with Gasteiger partial charge in [0.15, 0.2) is 0 Å². The Balaban J connectivity index is 1.97. The molecular formula is C9H14BrN3. The van der Waals surface area contributed by atoms with Crippen LogP contribution in [0.3, 0.4) is 0 Å². The van der Waals surface area contributed by atoms with Crippen LogP contribution in [0.25, 0.3) is 0 Å². The third-order valence-corrected chi connectivity index (χ3v) is 3.22. The fourth-order valence-corrected chi connectivity index (χ4v) is 2.13. The number of aromatic nitrogens is 2. The molecule has 0 unspecified atom stereocenters. The molecule has 1 fully saturated rings. The zero-order valence-electron chi connectivity index (χ0n) is 7.94. The second kappa shape index (κ2) is 3.42. The van der Waals surface area contributed by atoms with E-state index in [4.69, 9.17) is 0 Å². The lowest BCUT2D eigenvalue weighted by molar-refractivity contribution is 0.0662. The van der Waals surface area contributed by atoms with Gasteiger partial charge in [0.2, 0.25) is 0 Å². The Bertz CT molecular complexity index is 289. The summed E-state index contributed by atoms with van der Waals surface area (Å²) in [5, 5.41) is 4.27. The van der Waals surface area contributed by atoms with Gasteiger partial charge in [0, 0.05) is 19.1 Å². The van der Waals surface area contributed by atoms with Crippen molar-refractivity contribution in [3.63, 3.8) is 0 Å². The van der Waals surface area contributed by atoms with Crippen molar-refractivity contribution in [2.45, 2.75) is 25.9 Å². The Labute approximate surface area is 86.8 Å². The van der Waals surface area contributed by atoms with Gasteiger partial charge >= 0.3 is 0 Å². The smallest absolute Gasteiger partial charge is 0.104 e. The van der Waals surface area contributed by atoms with Crippen molar-refractivity contribution in [2.24, 2.45) is 0 Å². The van der Waals surface area contributed by atoms with E-state index in [2.05, 4.69) is 44.5 Å². The minimum absolute atomic E-state index is 0.562. The van der Waals surface area contributed by atoms with E-state index in [0.29, 0.717) is 12.1 Å². The summed E-state index contributed by atoms with van der Waals surface area (Å²) in [6.45, 7) is 6.71. The lowest BCUT2D eigenvalue weighted by Crippen LogP contribution is -2.51. The summed E-state index contributed by atoms with van der Waals surface area (Å²) in [5.41, 5.74) is 0. The van der Waals surface area contributed by atoms with Gasteiger partial charge in [-0.25, -0.2) is 0 Å². The molecule has 0 atom stereocenters. The summed E-state index contributed by atoms with van der Waals surface area (Å²) in [6, 6.07) is 3.20. The van der Waals surface area contributed by atoms with E-state index in [1.165, 1.54) is 0 Å². The van der Waals surface area contributed by atoms with Crippen molar-refractivity contribution < 1.29 is 0 Å². The number of nitrogens with zero attached hydrogens (tertiary/aromatic N) is 3. The highest BCUT2D eigenvalue weighted by atomic mass is 79.9. The highest BCUT2D eigenvalue weighted by Crippen LogP contribution is 2.25. The van der Waals surface area contributed by atoms with E-state index < -0.39 is 0 Å². The molecule has 0 N–H and O–H groups in total. The van der Waals surface area contributed by atoms with Gasteiger partial charge in [0.05, 0.1) is 12.2 Å². The summed E-state index contributed by atoms with van der Waals surface area (Å²) >= 11 is 3.48. The van der Waals surface area contributed by atoms with E-state index in [9.17, 15) is 0 Å². The molecule has 0 saturated carbocycles. The minimum Gasteiger partial charge on any atom is -0.297 e. The minimum atomic E-state index is 0.562. The van der Waals surface area contributed by atoms with Crippen LogP contribution in [-0.2, 0) is 0 Å². The topological polar surface area (TPSA) is 21.1 Å². The lowest BCUT2D eigenvalue weighted by Gasteiger charge is -2.42. The van der Waals surface area contributed by atoms with Crippen LogP contribution in [0.15, 0.2) is 16.9 Å². The summed E-state index contributed by atoms with van der Waals surface area (Å²) in [7, 11) is 0. The van der Waals surface area contributed by atoms with E-state index >= 15 is 0 Å². The zero-order chi connectivity index (χ0) is 9.42. The molecule has 0 bridgehead atoms. The molecule has 1 aromatic heterocycles. The molecular weight excluding hydrogens is 230 g/mol. The molecule has 2 rings (SSSR count). The lowest BCUT2D eigenvalue weighted by atomic mass is 10.1. The van der Waals surface area contributed by atoms with E-state index in [1.807, 2.05) is 12.3 Å². The van der Waals surface area contributed by atoms with Crippen LogP contribution in [0.4, 0.5) is 0 Å². The number of likely N-dealkylation sites (tertiary alicyclic amines) is 1. The van der Waals surface area contributed by atoms with Gasteiger partial charge < -0.3 is 0 Å². The summed E-state index contributed by atoms with van der Waals surface area (Å²) in [6.07, 6.45) is 1.84. The Hall–Kier alpha value is -0.350. The Morgan fingerprint density at radius 3 is 2.69 bits per heavy atom.